The largest absolute Gasteiger partial charge is 0.495 e. The van der Waals surface area contributed by atoms with Crippen molar-refractivity contribution in [2.24, 2.45) is 0 Å². The van der Waals surface area contributed by atoms with Gasteiger partial charge in [0.15, 0.2) is 5.82 Å². The van der Waals surface area contributed by atoms with Crippen LogP contribution in [0, 0.1) is 0 Å². The fourth-order valence-corrected chi connectivity index (χ4v) is 2.43. The molecule has 0 saturated carbocycles. The van der Waals surface area contributed by atoms with E-state index in [0.717, 1.165) is 0 Å². The summed E-state index contributed by atoms with van der Waals surface area (Å²) in [4.78, 5) is 28.4. The van der Waals surface area contributed by atoms with Gasteiger partial charge in [-0.25, -0.2) is 4.68 Å². The number of carbonyl (C=O) groups is 2. The summed E-state index contributed by atoms with van der Waals surface area (Å²) < 4.78 is 6.67. The van der Waals surface area contributed by atoms with Gasteiger partial charge in [0.2, 0.25) is 11.9 Å². The summed E-state index contributed by atoms with van der Waals surface area (Å²) in [6.07, 6.45) is 0.638. The van der Waals surface area contributed by atoms with Crippen LogP contribution in [-0.4, -0.2) is 33.7 Å². The second-order valence-corrected chi connectivity index (χ2v) is 5.11. The summed E-state index contributed by atoms with van der Waals surface area (Å²) in [5.41, 5.74) is 0.562. The molecule has 1 unspecified atom stereocenters. The van der Waals surface area contributed by atoms with Gasteiger partial charge in [0.1, 0.15) is 11.8 Å². The monoisotopic (exact) mass is 315 g/mol. The SMILES string of the molecule is CCc1nc2n(n1)C(CC(=O)Nc1ccccc1OC)C(=O)N2. The van der Waals surface area contributed by atoms with E-state index in [2.05, 4.69) is 20.7 Å². The van der Waals surface area contributed by atoms with Crippen LogP contribution in [0.1, 0.15) is 25.2 Å². The highest BCUT2D eigenvalue weighted by molar-refractivity contribution is 6.01. The van der Waals surface area contributed by atoms with Crippen LogP contribution in [0.25, 0.3) is 0 Å². The van der Waals surface area contributed by atoms with Crippen molar-refractivity contribution in [3.8, 4) is 5.75 Å². The van der Waals surface area contributed by atoms with Crippen molar-refractivity contribution < 1.29 is 14.3 Å². The number of para-hydroxylation sites is 2. The van der Waals surface area contributed by atoms with Crippen molar-refractivity contribution in [1.29, 1.82) is 0 Å². The minimum atomic E-state index is -0.687. The summed E-state index contributed by atoms with van der Waals surface area (Å²) in [5, 5.41) is 9.65. The average Bonchev–Trinajstić information content (AvgIpc) is 3.06. The van der Waals surface area contributed by atoms with E-state index in [1.165, 1.54) is 11.8 Å². The predicted molar refractivity (Wildman–Crippen MR) is 83.3 cm³/mol. The Morgan fingerprint density at radius 2 is 2.22 bits per heavy atom. The van der Waals surface area contributed by atoms with E-state index in [0.29, 0.717) is 29.6 Å². The fraction of sp³-hybridized carbons (Fsp3) is 0.333. The minimum absolute atomic E-state index is 0.0244. The van der Waals surface area contributed by atoms with Crippen LogP contribution < -0.4 is 15.4 Å². The second-order valence-electron chi connectivity index (χ2n) is 5.11. The molecule has 1 aromatic heterocycles. The number of aryl methyl sites for hydroxylation is 1. The summed E-state index contributed by atoms with van der Waals surface area (Å²) >= 11 is 0. The molecule has 2 amide bonds. The molecule has 2 N–H and O–H groups in total. The van der Waals surface area contributed by atoms with Crippen molar-refractivity contribution in [2.45, 2.75) is 25.8 Å². The van der Waals surface area contributed by atoms with E-state index >= 15 is 0 Å². The molecule has 23 heavy (non-hydrogen) atoms. The molecule has 0 saturated heterocycles. The molecule has 1 atom stereocenters. The number of methoxy groups -OCH3 is 1. The molecule has 1 aliphatic heterocycles. The Morgan fingerprint density at radius 1 is 1.43 bits per heavy atom. The maximum absolute atomic E-state index is 12.3. The third-order valence-corrected chi connectivity index (χ3v) is 3.58. The Kier molecular flexibility index (Phi) is 3.96. The minimum Gasteiger partial charge on any atom is -0.495 e. The molecule has 120 valence electrons. The lowest BCUT2D eigenvalue weighted by Crippen LogP contribution is -2.24. The van der Waals surface area contributed by atoms with Crippen molar-refractivity contribution in [3.05, 3.63) is 30.1 Å². The second kappa shape index (κ2) is 6.07. The summed E-state index contributed by atoms with van der Waals surface area (Å²) in [7, 11) is 1.53. The van der Waals surface area contributed by atoms with Crippen LogP contribution in [0.3, 0.4) is 0 Å². The van der Waals surface area contributed by atoms with E-state index in [4.69, 9.17) is 4.74 Å². The van der Waals surface area contributed by atoms with Crippen molar-refractivity contribution in [3.63, 3.8) is 0 Å². The number of hydrogen-bond donors (Lipinski definition) is 2. The van der Waals surface area contributed by atoms with Crippen LogP contribution in [-0.2, 0) is 16.0 Å². The topological polar surface area (TPSA) is 98.1 Å². The van der Waals surface area contributed by atoms with Gasteiger partial charge in [-0.15, -0.1) is 0 Å². The third-order valence-electron chi connectivity index (χ3n) is 3.58. The number of ether oxygens (including phenoxy) is 1. The molecule has 8 nitrogen and oxygen atoms in total. The van der Waals surface area contributed by atoms with Crippen LogP contribution in [0.15, 0.2) is 24.3 Å². The molecule has 0 spiro atoms. The number of amides is 2. The number of aromatic nitrogens is 3. The van der Waals surface area contributed by atoms with Crippen LogP contribution in [0.2, 0.25) is 0 Å². The number of anilines is 2. The van der Waals surface area contributed by atoms with Gasteiger partial charge in [0, 0.05) is 6.42 Å². The van der Waals surface area contributed by atoms with Gasteiger partial charge in [-0.05, 0) is 12.1 Å². The van der Waals surface area contributed by atoms with Gasteiger partial charge < -0.3 is 10.1 Å². The van der Waals surface area contributed by atoms with Gasteiger partial charge in [-0.3, -0.25) is 14.9 Å². The highest BCUT2D eigenvalue weighted by atomic mass is 16.5. The van der Waals surface area contributed by atoms with Gasteiger partial charge >= 0.3 is 0 Å². The maximum Gasteiger partial charge on any atom is 0.252 e. The molecule has 0 bridgehead atoms. The number of nitrogens with zero attached hydrogens (tertiary/aromatic N) is 3. The lowest BCUT2D eigenvalue weighted by atomic mass is 10.2. The fourth-order valence-electron chi connectivity index (χ4n) is 2.43. The third kappa shape index (κ3) is 2.87. The van der Waals surface area contributed by atoms with E-state index in [1.54, 1.807) is 18.2 Å². The average molecular weight is 315 g/mol. The van der Waals surface area contributed by atoms with Crippen molar-refractivity contribution in [2.75, 3.05) is 17.7 Å². The lowest BCUT2D eigenvalue weighted by Gasteiger charge is -2.12. The first-order valence-electron chi connectivity index (χ1n) is 7.31. The van der Waals surface area contributed by atoms with E-state index < -0.39 is 6.04 Å². The zero-order valence-electron chi connectivity index (χ0n) is 12.9. The summed E-state index contributed by atoms with van der Waals surface area (Å²) in [6.45, 7) is 1.93. The molecule has 1 aromatic carbocycles. The highest BCUT2D eigenvalue weighted by Gasteiger charge is 2.34. The number of benzene rings is 1. The Bertz CT molecular complexity index is 755. The number of hydrogen-bond acceptors (Lipinski definition) is 5. The Hall–Kier alpha value is -2.90. The first kappa shape index (κ1) is 15.0. The molecular formula is C15H17N5O3. The zero-order chi connectivity index (χ0) is 16.4. The molecule has 0 aliphatic carbocycles. The molecule has 0 radical (unpaired) electrons. The highest BCUT2D eigenvalue weighted by Crippen LogP contribution is 2.27. The van der Waals surface area contributed by atoms with Gasteiger partial charge in [0.25, 0.3) is 5.91 Å². The first-order chi connectivity index (χ1) is 11.1. The Balaban J connectivity index is 1.73. The number of nitrogens with one attached hydrogen (secondary N) is 2. The molecule has 8 heteroatoms. The molecule has 1 aliphatic rings. The Labute approximate surface area is 132 Å². The van der Waals surface area contributed by atoms with Crippen molar-refractivity contribution in [1.82, 2.24) is 14.8 Å². The van der Waals surface area contributed by atoms with Gasteiger partial charge in [-0.1, -0.05) is 19.1 Å². The molecule has 2 aromatic rings. The van der Waals surface area contributed by atoms with Gasteiger partial charge in [-0.2, -0.15) is 10.1 Å². The standard InChI is InChI=1S/C15H17N5O3/c1-3-12-17-15-18-14(22)10(20(15)19-12)8-13(21)16-9-6-4-5-7-11(9)23-2/h4-7,10H,3,8H2,1-2H3,(H,16,21)(H,17,18,19,22). The van der Waals surface area contributed by atoms with E-state index in [9.17, 15) is 9.59 Å². The number of rotatable bonds is 5. The van der Waals surface area contributed by atoms with Crippen molar-refractivity contribution >= 4 is 23.5 Å². The quantitative estimate of drug-likeness (QED) is 0.868. The van der Waals surface area contributed by atoms with Crippen LogP contribution in [0.5, 0.6) is 5.75 Å². The number of fused-ring (bicyclic) bond motifs is 1. The molecule has 0 fully saturated rings. The Morgan fingerprint density at radius 3 is 2.96 bits per heavy atom. The zero-order valence-corrected chi connectivity index (χ0v) is 12.9. The molecular weight excluding hydrogens is 298 g/mol. The summed E-state index contributed by atoms with van der Waals surface area (Å²) in [5.74, 6) is 1.01. The lowest BCUT2D eigenvalue weighted by molar-refractivity contribution is -0.123. The molecule has 2 heterocycles. The van der Waals surface area contributed by atoms with E-state index in [-0.39, 0.29) is 18.2 Å². The van der Waals surface area contributed by atoms with Crippen LogP contribution in [0.4, 0.5) is 11.6 Å². The smallest absolute Gasteiger partial charge is 0.252 e. The predicted octanol–water partition coefficient (Wildman–Crippen LogP) is 1.37. The molecule has 3 rings (SSSR count). The van der Waals surface area contributed by atoms with Crippen LogP contribution >= 0.6 is 0 Å². The normalized spacial score (nSPS) is 15.9. The number of carbonyl (C=O) groups excluding carboxylic acids is 2. The van der Waals surface area contributed by atoms with Gasteiger partial charge in [0.05, 0.1) is 19.2 Å². The maximum atomic E-state index is 12.3. The summed E-state index contributed by atoms with van der Waals surface area (Å²) in [6, 6.07) is 6.41. The first-order valence-corrected chi connectivity index (χ1v) is 7.31. The van der Waals surface area contributed by atoms with E-state index in [1.807, 2.05) is 13.0 Å².